The highest BCUT2D eigenvalue weighted by Gasteiger charge is 2.33. The highest BCUT2D eigenvalue weighted by Crippen LogP contribution is 2.34. The van der Waals surface area contributed by atoms with Crippen LogP contribution in [0.1, 0.15) is 55.3 Å². The summed E-state index contributed by atoms with van der Waals surface area (Å²) in [7, 11) is 1.03. The number of rotatable bonds is 12. The third-order valence-electron chi connectivity index (χ3n) is 7.88. The van der Waals surface area contributed by atoms with Crippen molar-refractivity contribution in [1.29, 1.82) is 0 Å². The summed E-state index contributed by atoms with van der Waals surface area (Å²) in [6, 6.07) is 4.65. The minimum atomic E-state index is -3.16. The summed E-state index contributed by atoms with van der Waals surface area (Å²) in [5, 5.41) is 3.12. The van der Waals surface area contributed by atoms with Gasteiger partial charge in [-0.1, -0.05) is 6.07 Å². The second kappa shape index (κ2) is 12.7. The van der Waals surface area contributed by atoms with Crippen molar-refractivity contribution in [3.8, 4) is 5.75 Å². The number of sulfonamides is 1. The van der Waals surface area contributed by atoms with Gasteiger partial charge in [-0.3, -0.25) is 9.69 Å². The van der Waals surface area contributed by atoms with Crippen LogP contribution in [0.4, 0.5) is 0 Å². The molecule has 0 radical (unpaired) electrons. The van der Waals surface area contributed by atoms with E-state index in [0.29, 0.717) is 44.4 Å². The van der Waals surface area contributed by atoms with Gasteiger partial charge in [-0.25, -0.2) is 12.7 Å². The summed E-state index contributed by atoms with van der Waals surface area (Å²) in [5.74, 6) is 1.43. The number of benzene rings is 1. The van der Waals surface area contributed by atoms with Crippen molar-refractivity contribution in [3.63, 3.8) is 0 Å². The average Bonchev–Trinajstić information content (AvgIpc) is 2.79. The number of piperidine rings is 1. The van der Waals surface area contributed by atoms with Crippen LogP contribution < -0.4 is 10.1 Å². The monoisotopic (exact) mass is 522 g/mol. The van der Waals surface area contributed by atoms with Gasteiger partial charge in [0.1, 0.15) is 5.75 Å². The third kappa shape index (κ3) is 7.66. The first-order chi connectivity index (χ1) is 17.0. The van der Waals surface area contributed by atoms with Gasteiger partial charge in [-0.15, -0.1) is 0 Å². The fraction of sp³-hybridized carbons (Fsp3) is 0.741. The molecule has 2 saturated heterocycles. The second-order valence-corrected chi connectivity index (χ2v) is 12.9. The van der Waals surface area contributed by atoms with E-state index in [4.69, 9.17) is 4.74 Å². The molecular formula is C27H46N4O4S. The maximum absolute atomic E-state index is 12.6. The number of nitrogens with zero attached hydrogens (tertiary/aromatic N) is 3. The third-order valence-corrected chi connectivity index (χ3v) is 9.18. The van der Waals surface area contributed by atoms with Crippen LogP contribution in [0.15, 0.2) is 12.1 Å². The molecule has 0 aromatic heterocycles. The Bertz CT molecular complexity index is 984. The fourth-order valence-corrected chi connectivity index (χ4v) is 6.10. The van der Waals surface area contributed by atoms with Crippen LogP contribution in [0.3, 0.4) is 0 Å². The van der Waals surface area contributed by atoms with E-state index >= 15 is 0 Å². The number of unbranched alkanes of at least 4 members (excludes halogenated alkanes) is 1. The summed E-state index contributed by atoms with van der Waals surface area (Å²) in [5.41, 5.74) is 3.86. The van der Waals surface area contributed by atoms with Crippen LogP contribution in [-0.4, -0.2) is 94.7 Å². The van der Waals surface area contributed by atoms with E-state index in [2.05, 4.69) is 62.1 Å². The molecule has 0 spiro atoms. The van der Waals surface area contributed by atoms with Gasteiger partial charge in [0, 0.05) is 50.6 Å². The predicted molar refractivity (Wildman–Crippen MR) is 145 cm³/mol. The molecule has 1 unspecified atom stereocenters. The second-order valence-electron chi connectivity index (χ2n) is 10.9. The Hall–Kier alpha value is -1.68. The SMILES string of the molecule is Cc1c(OCCCCN(C)C)ccc(C(C)N2CC(CNC(=O)C3CCN(S(C)(=O)=O)CC3)C2)c1C. The summed E-state index contributed by atoms with van der Waals surface area (Å²) in [4.78, 5) is 17.2. The molecule has 1 N–H and O–H groups in total. The molecule has 2 aliphatic rings. The Morgan fingerprint density at radius 2 is 1.81 bits per heavy atom. The minimum absolute atomic E-state index is 0.0680. The molecule has 9 heteroatoms. The fourth-order valence-electron chi connectivity index (χ4n) is 5.23. The van der Waals surface area contributed by atoms with Crippen LogP contribution >= 0.6 is 0 Å². The number of likely N-dealkylation sites (tertiary alicyclic amines) is 1. The predicted octanol–water partition coefficient (Wildman–Crippen LogP) is 2.80. The largest absolute Gasteiger partial charge is 0.493 e. The molecule has 2 fully saturated rings. The lowest BCUT2D eigenvalue weighted by molar-refractivity contribution is -0.126. The quantitative estimate of drug-likeness (QED) is 0.425. The molecule has 0 aliphatic carbocycles. The maximum atomic E-state index is 12.6. The van der Waals surface area contributed by atoms with Crippen molar-refractivity contribution in [2.45, 2.75) is 52.5 Å². The van der Waals surface area contributed by atoms with Crippen molar-refractivity contribution in [2.24, 2.45) is 11.8 Å². The Morgan fingerprint density at radius 3 is 2.42 bits per heavy atom. The lowest BCUT2D eigenvalue weighted by atomic mass is 9.91. The van der Waals surface area contributed by atoms with Crippen molar-refractivity contribution in [2.75, 3.05) is 66.2 Å². The first-order valence-corrected chi connectivity index (χ1v) is 15.2. The minimum Gasteiger partial charge on any atom is -0.493 e. The van der Waals surface area contributed by atoms with Gasteiger partial charge in [0.05, 0.1) is 12.9 Å². The van der Waals surface area contributed by atoms with E-state index in [9.17, 15) is 13.2 Å². The molecule has 1 amide bonds. The molecule has 2 aliphatic heterocycles. The lowest BCUT2D eigenvalue weighted by Gasteiger charge is -2.44. The molecule has 1 aromatic carbocycles. The van der Waals surface area contributed by atoms with E-state index in [1.807, 2.05) is 0 Å². The number of amides is 1. The molecular weight excluding hydrogens is 476 g/mol. The van der Waals surface area contributed by atoms with Crippen LogP contribution in [-0.2, 0) is 14.8 Å². The molecule has 0 bridgehead atoms. The Labute approximate surface area is 218 Å². The number of ether oxygens (including phenoxy) is 1. The number of nitrogens with one attached hydrogen (secondary N) is 1. The molecule has 2 heterocycles. The lowest BCUT2D eigenvalue weighted by Crippen LogP contribution is -2.53. The maximum Gasteiger partial charge on any atom is 0.223 e. The topological polar surface area (TPSA) is 82.2 Å². The smallest absolute Gasteiger partial charge is 0.223 e. The van der Waals surface area contributed by atoms with E-state index in [-0.39, 0.29) is 11.8 Å². The molecule has 1 atom stereocenters. The summed E-state index contributed by atoms with van der Waals surface area (Å²) >= 11 is 0. The van der Waals surface area contributed by atoms with Gasteiger partial charge in [-0.05, 0) is 89.9 Å². The van der Waals surface area contributed by atoms with Gasteiger partial charge >= 0.3 is 0 Å². The van der Waals surface area contributed by atoms with E-state index in [0.717, 1.165) is 44.8 Å². The Morgan fingerprint density at radius 1 is 1.14 bits per heavy atom. The van der Waals surface area contributed by atoms with Gasteiger partial charge in [-0.2, -0.15) is 0 Å². The van der Waals surface area contributed by atoms with Crippen LogP contribution in [0.25, 0.3) is 0 Å². The van der Waals surface area contributed by atoms with Crippen LogP contribution in [0.2, 0.25) is 0 Å². The molecule has 0 saturated carbocycles. The molecule has 204 valence electrons. The molecule has 1 aromatic rings. The number of carbonyl (C=O) groups is 1. The highest BCUT2D eigenvalue weighted by atomic mass is 32.2. The van der Waals surface area contributed by atoms with Gasteiger partial charge in [0.15, 0.2) is 0 Å². The van der Waals surface area contributed by atoms with E-state index in [1.54, 1.807) is 0 Å². The summed E-state index contributed by atoms with van der Waals surface area (Å²) in [6.45, 7) is 11.9. The zero-order valence-corrected chi connectivity index (χ0v) is 23.9. The molecule has 8 nitrogen and oxygen atoms in total. The highest BCUT2D eigenvalue weighted by molar-refractivity contribution is 7.88. The van der Waals surface area contributed by atoms with Crippen molar-refractivity contribution in [1.82, 2.24) is 19.4 Å². The normalized spacial score (nSPS) is 19.3. The standard InChI is InChI=1S/C27H46N4O4S/c1-20-21(2)26(35-16-8-7-13-29(4)5)10-9-25(20)22(3)30-18-23(19-30)17-28-27(32)24-11-14-31(15-12-24)36(6,33)34/h9-10,22-24H,7-8,11-19H2,1-6H3,(H,28,32). The summed E-state index contributed by atoms with van der Waals surface area (Å²) in [6.07, 6.45) is 4.62. The Kier molecular flexibility index (Phi) is 10.2. The van der Waals surface area contributed by atoms with Gasteiger partial charge < -0.3 is 15.0 Å². The Balaban J connectivity index is 1.40. The number of hydrogen-bond donors (Lipinski definition) is 1. The number of carbonyl (C=O) groups excluding carboxylic acids is 1. The number of hydrogen-bond acceptors (Lipinski definition) is 6. The molecule has 36 heavy (non-hydrogen) atoms. The van der Waals surface area contributed by atoms with Crippen molar-refractivity contribution >= 4 is 15.9 Å². The zero-order valence-electron chi connectivity index (χ0n) is 23.0. The zero-order chi connectivity index (χ0) is 26.5. The average molecular weight is 523 g/mol. The van der Waals surface area contributed by atoms with Crippen LogP contribution in [0.5, 0.6) is 5.75 Å². The first kappa shape index (κ1) is 28.9. The van der Waals surface area contributed by atoms with Gasteiger partial charge in [0.25, 0.3) is 0 Å². The molecule has 3 rings (SSSR count). The summed E-state index contributed by atoms with van der Waals surface area (Å²) < 4.78 is 30.9. The van der Waals surface area contributed by atoms with Crippen molar-refractivity contribution < 1.29 is 17.9 Å². The van der Waals surface area contributed by atoms with E-state index < -0.39 is 10.0 Å². The van der Waals surface area contributed by atoms with Crippen LogP contribution in [0, 0.1) is 25.7 Å². The first-order valence-electron chi connectivity index (χ1n) is 13.3. The van der Waals surface area contributed by atoms with Gasteiger partial charge in [0.2, 0.25) is 15.9 Å². The van der Waals surface area contributed by atoms with E-state index in [1.165, 1.54) is 27.3 Å². The van der Waals surface area contributed by atoms with Crippen molar-refractivity contribution in [3.05, 3.63) is 28.8 Å².